The predicted octanol–water partition coefficient (Wildman–Crippen LogP) is 4.17. The third-order valence-corrected chi connectivity index (χ3v) is 10.3. The number of rotatable bonds is 9. The van der Waals surface area contributed by atoms with E-state index in [9.17, 15) is 54.3 Å². The maximum atomic E-state index is 14.3. The lowest BCUT2D eigenvalue weighted by atomic mass is 9.75. The molecule has 312 valence electrons. The van der Waals surface area contributed by atoms with Crippen LogP contribution in [0.1, 0.15) is 59.0 Å². The Morgan fingerprint density at radius 3 is 1.93 bits per heavy atom. The molecule has 2 aromatic rings. The standard InChI is InChI=1S/C44H40O16/c1-21-12-25(46)16-33(48)36(21)41(54)59-43(4)35(50)15-24-14-27(57-19-31(24)39(43)52)8-6-10-29-30-18-28(9-7-11-56-23(3)45)58-20-32(30)40(53)44(5,38(29)51)60-42(55)37-22(2)13-26(47)17-34(37)49/h6-10,12-14,16-18,35,46-50H,11,15,19-20H2,1-5H3. The molecule has 0 amide bonds. The molecule has 3 atom stereocenters. The quantitative estimate of drug-likeness (QED) is 0.103. The molecule has 60 heavy (non-hydrogen) atoms. The molecule has 0 saturated heterocycles. The zero-order valence-electron chi connectivity index (χ0n) is 33.0. The maximum absolute atomic E-state index is 14.3. The monoisotopic (exact) mass is 824 g/mol. The Labute approximate surface area is 342 Å². The predicted molar refractivity (Wildman–Crippen MR) is 207 cm³/mol. The Morgan fingerprint density at radius 2 is 1.35 bits per heavy atom. The molecule has 0 bridgehead atoms. The van der Waals surface area contributed by atoms with Crippen molar-refractivity contribution in [3.63, 3.8) is 0 Å². The molecule has 0 spiro atoms. The first-order chi connectivity index (χ1) is 28.2. The van der Waals surface area contributed by atoms with E-state index in [1.165, 1.54) is 82.4 Å². The first kappa shape index (κ1) is 42.4. The molecule has 0 radical (unpaired) electrons. The second-order valence-corrected chi connectivity index (χ2v) is 14.7. The van der Waals surface area contributed by atoms with E-state index in [-0.39, 0.29) is 93.8 Å². The zero-order chi connectivity index (χ0) is 43.8. The van der Waals surface area contributed by atoms with Crippen molar-refractivity contribution in [2.24, 2.45) is 0 Å². The first-order valence-corrected chi connectivity index (χ1v) is 18.4. The first-order valence-electron chi connectivity index (χ1n) is 18.4. The Bertz CT molecular complexity index is 2440. The molecule has 0 aromatic heterocycles. The normalized spacial score (nSPS) is 23.5. The minimum Gasteiger partial charge on any atom is -0.508 e. The van der Waals surface area contributed by atoms with Crippen LogP contribution in [0.2, 0.25) is 0 Å². The summed E-state index contributed by atoms with van der Waals surface area (Å²) in [5.74, 6) is -6.73. The van der Waals surface area contributed by atoms with Crippen LogP contribution in [0.15, 0.2) is 106 Å². The van der Waals surface area contributed by atoms with Gasteiger partial charge >= 0.3 is 17.9 Å². The Morgan fingerprint density at radius 1 is 0.783 bits per heavy atom. The van der Waals surface area contributed by atoms with E-state index in [0.29, 0.717) is 5.57 Å². The average Bonchev–Trinajstić information content (AvgIpc) is 3.15. The third kappa shape index (κ3) is 7.96. The second kappa shape index (κ2) is 16.2. The van der Waals surface area contributed by atoms with Crippen LogP contribution >= 0.6 is 0 Å². The Balaban J connectivity index is 1.31. The molecule has 2 aliphatic carbocycles. The van der Waals surface area contributed by atoms with E-state index >= 15 is 0 Å². The fourth-order valence-corrected chi connectivity index (χ4v) is 7.14. The Hall–Kier alpha value is -7.20. The van der Waals surface area contributed by atoms with Gasteiger partial charge in [0.05, 0.1) is 0 Å². The number of aromatic hydroxyl groups is 4. The molecular weight excluding hydrogens is 784 g/mol. The number of phenols is 4. The SMILES string of the molecule is CC(=O)OCC=CC1=CC2=C(CO1)C(=O)C(C)(OC(=O)c1c(C)cc(O)cc1O)C(=O)C2=CC=CC1=CC2=C(CO1)C(=O)C(C)(OC(=O)c1c(C)cc(O)cc1O)C(O)C2. The van der Waals surface area contributed by atoms with Gasteiger partial charge in [-0.05, 0) is 92.5 Å². The summed E-state index contributed by atoms with van der Waals surface area (Å²) in [6, 6.07) is 4.28. The summed E-state index contributed by atoms with van der Waals surface area (Å²) < 4.78 is 27.6. The van der Waals surface area contributed by atoms with Gasteiger partial charge in [-0.2, -0.15) is 0 Å². The molecule has 16 nitrogen and oxygen atoms in total. The molecule has 2 aliphatic heterocycles. The fraction of sp³-hybridized carbons (Fsp3) is 0.273. The summed E-state index contributed by atoms with van der Waals surface area (Å²) in [7, 11) is 0. The molecule has 6 rings (SSSR count). The number of Topliss-reactive ketones (excluding diaryl/α,β-unsaturated/α-hetero) is 3. The highest BCUT2D eigenvalue weighted by molar-refractivity contribution is 6.29. The van der Waals surface area contributed by atoms with E-state index in [1.807, 2.05) is 0 Å². The largest absolute Gasteiger partial charge is 0.508 e. The average molecular weight is 825 g/mol. The number of aryl methyl sites for hydroxylation is 2. The topological polar surface area (TPSA) is 250 Å². The van der Waals surface area contributed by atoms with Crippen molar-refractivity contribution in [3.05, 3.63) is 128 Å². The van der Waals surface area contributed by atoms with E-state index in [4.69, 9.17) is 23.7 Å². The Kier molecular flexibility index (Phi) is 11.5. The summed E-state index contributed by atoms with van der Waals surface area (Å²) >= 11 is 0. The molecule has 4 aliphatic rings. The number of aliphatic hydroxyl groups is 1. The summed E-state index contributed by atoms with van der Waals surface area (Å²) in [5.41, 5.74) is -4.26. The number of allylic oxidation sites excluding steroid dienone is 7. The molecule has 3 unspecified atom stereocenters. The molecule has 2 aromatic carbocycles. The van der Waals surface area contributed by atoms with Crippen LogP contribution in [0.25, 0.3) is 0 Å². The van der Waals surface area contributed by atoms with Gasteiger partial charge in [0.15, 0.2) is 5.60 Å². The molecule has 0 saturated carbocycles. The molecule has 2 heterocycles. The third-order valence-electron chi connectivity index (χ3n) is 10.3. The van der Waals surface area contributed by atoms with Crippen molar-refractivity contribution in [2.45, 2.75) is 58.3 Å². The number of hydrogen-bond donors (Lipinski definition) is 5. The van der Waals surface area contributed by atoms with Gasteiger partial charge in [0, 0.05) is 42.2 Å². The van der Waals surface area contributed by atoms with Crippen LogP contribution in [-0.4, -0.2) is 97.9 Å². The summed E-state index contributed by atoms with van der Waals surface area (Å²) in [6.45, 7) is 5.78. The number of hydrogen-bond acceptors (Lipinski definition) is 16. The summed E-state index contributed by atoms with van der Waals surface area (Å²) in [6.07, 6.45) is 8.46. The zero-order valence-corrected chi connectivity index (χ0v) is 33.0. The van der Waals surface area contributed by atoms with Gasteiger partial charge in [-0.1, -0.05) is 12.2 Å². The van der Waals surface area contributed by atoms with Gasteiger partial charge in [0.1, 0.15) is 71.6 Å². The smallest absolute Gasteiger partial charge is 0.343 e. The van der Waals surface area contributed by atoms with Gasteiger partial charge in [0.25, 0.3) is 0 Å². The molecule has 0 fully saturated rings. The van der Waals surface area contributed by atoms with Gasteiger partial charge in [-0.3, -0.25) is 19.2 Å². The van der Waals surface area contributed by atoms with E-state index in [2.05, 4.69) is 0 Å². The number of esters is 3. The lowest BCUT2D eigenvalue weighted by Crippen LogP contribution is -2.54. The van der Waals surface area contributed by atoms with Crippen molar-refractivity contribution >= 4 is 35.3 Å². The van der Waals surface area contributed by atoms with Crippen LogP contribution in [0.5, 0.6) is 23.0 Å². The van der Waals surface area contributed by atoms with Gasteiger partial charge in [0.2, 0.25) is 23.0 Å². The number of carbonyl (C=O) groups is 6. The van der Waals surface area contributed by atoms with Gasteiger partial charge in [-0.25, -0.2) is 9.59 Å². The minimum absolute atomic E-state index is 0.00879. The summed E-state index contributed by atoms with van der Waals surface area (Å²) in [4.78, 5) is 79.8. The van der Waals surface area contributed by atoms with E-state index in [1.54, 1.807) is 0 Å². The lowest BCUT2D eigenvalue weighted by Gasteiger charge is -2.39. The van der Waals surface area contributed by atoms with Crippen molar-refractivity contribution in [1.82, 2.24) is 0 Å². The number of aliphatic hydroxyl groups excluding tert-OH is 1. The van der Waals surface area contributed by atoms with Crippen molar-refractivity contribution in [1.29, 1.82) is 0 Å². The van der Waals surface area contributed by atoms with Crippen molar-refractivity contribution in [3.8, 4) is 23.0 Å². The number of phenolic OH excluding ortho intramolecular Hbond substituents is 4. The van der Waals surface area contributed by atoms with Gasteiger partial charge < -0.3 is 49.2 Å². The highest BCUT2D eigenvalue weighted by atomic mass is 16.6. The van der Waals surface area contributed by atoms with E-state index in [0.717, 1.165) is 19.1 Å². The molecule has 5 N–H and O–H groups in total. The van der Waals surface area contributed by atoms with Crippen LogP contribution in [0.4, 0.5) is 0 Å². The number of benzene rings is 2. The van der Waals surface area contributed by atoms with E-state index < -0.39 is 64.1 Å². The minimum atomic E-state index is -2.43. The van der Waals surface area contributed by atoms with Crippen LogP contribution in [-0.2, 0) is 42.9 Å². The number of ether oxygens (including phenoxy) is 5. The fourth-order valence-electron chi connectivity index (χ4n) is 7.14. The molecular formula is C44H40O16. The van der Waals surface area contributed by atoms with Gasteiger partial charge in [-0.15, -0.1) is 0 Å². The number of carbonyl (C=O) groups excluding carboxylic acids is 6. The highest BCUT2D eigenvalue weighted by Gasteiger charge is 2.53. The molecule has 16 heteroatoms. The van der Waals surface area contributed by atoms with Crippen molar-refractivity contribution < 1.29 is 78.0 Å². The number of ketones is 3. The second-order valence-electron chi connectivity index (χ2n) is 14.7. The maximum Gasteiger partial charge on any atom is 0.343 e. The van der Waals surface area contributed by atoms with Crippen LogP contribution in [0.3, 0.4) is 0 Å². The summed E-state index contributed by atoms with van der Waals surface area (Å²) in [5, 5.41) is 51.4. The van der Waals surface area contributed by atoms with Crippen LogP contribution < -0.4 is 0 Å². The lowest BCUT2D eigenvalue weighted by molar-refractivity contribution is -0.147. The van der Waals surface area contributed by atoms with Crippen LogP contribution in [0, 0.1) is 13.8 Å². The van der Waals surface area contributed by atoms with Crippen molar-refractivity contribution in [2.75, 3.05) is 19.8 Å². The highest BCUT2D eigenvalue weighted by Crippen LogP contribution is 2.41.